The van der Waals surface area contributed by atoms with Gasteiger partial charge in [-0.25, -0.2) is 0 Å². The molecule has 3 nitrogen and oxygen atoms in total. The molecule has 1 heterocycles. The second kappa shape index (κ2) is 4.10. The van der Waals surface area contributed by atoms with E-state index in [-0.39, 0.29) is 0 Å². The lowest BCUT2D eigenvalue weighted by Crippen LogP contribution is -2.01. The van der Waals surface area contributed by atoms with Crippen LogP contribution in [-0.2, 0) is 0 Å². The van der Waals surface area contributed by atoms with Crippen LogP contribution in [-0.4, -0.2) is 10.2 Å². The van der Waals surface area contributed by atoms with Gasteiger partial charge in [0.25, 0.3) is 0 Å². The van der Waals surface area contributed by atoms with Crippen LogP contribution in [0.3, 0.4) is 0 Å². The van der Waals surface area contributed by atoms with Gasteiger partial charge in [0.1, 0.15) is 5.82 Å². The van der Waals surface area contributed by atoms with Gasteiger partial charge in [0, 0.05) is 10.6 Å². The normalized spacial score (nSPS) is 10.4. The van der Waals surface area contributed by atoms with Crippen LogP contribution in [0.15, 0.2) is 24.3 Å². The fourth-order valence-corrected chi connectivity index (χ4v) is 1.72. The number of nitrogen functional groups attached to an aromatic ring is 1. The van der Waals surface area contributed by atoms with Crippen molar-refractivity contribution in [2.75, 3.05) is 5.73 Å². The van der Waals surface area contributed by atoms with Crippen LogP contribution in [0.5, 0.6) is 0 Å². The molecule has 0 radical (unpaired) electrons. The highest BCUT2D eigenvalue weighted by molar-refractivity contribution is 6.30. The van der Waals surface area contributed by atoms with Gasteiger partial charge < -0.3 is 5.73 Å². The summed E-state index contributed by atoms with van der Waals surface area (Å²) in [7, 11) is 0. The van der Waals surface area contributed by atoms with Crippen LogP contribution in [0.25, 0.3) is 11.3 Å². The Labute approximate surface area is 99.3 Å². The third-order valence-electron chi connectivity index (χ3n) is 2.66. The van der Waals surface area contributed by atoms with Crippen molar-refractivity contribution in [3.63, 3.8) is 0 Å². The lowest BCUT2D eigenvalue weighted by Gasteiger charge is -2.08. The summed E-state index contributed by atoms with van der Waals surface area (Å²) >= 11 is 5.95. The zero-order chi connectivity index (χ0) is 11.7. The molecular formula is C12H12ClN3. The van der Waals surface area contributed by atoms with E-state index in [9.17, 15) is 0 Å². The van der Waals surface area contributed by atoms with Crippen LogP contribution in [0, 0.1) is 13.8 Å². The van der Waals surface area contributed by atoms with Crippen molar-refractivity contribution in [1.82, 2.24) is 10.2 Å². The Kier molecular flexibility index (Phi) is 2.79. The standard InChI is InChI=1S/C12H12ClN3/c1-7-8(2)12(14)16-15-11(7)9-4-3-5-10(13)6-9/h3-6H,1-2H3,(H2,14,16). The van der Waals surface area contributed by atoms with Crippen LogP contribution in [0.4, 0.5) is 5.82 Å². The molecule has 2 N–H and O–H groups in total. The molecule has 0 amide bonds. The number of hydrogen-bond acceptors (Lipinski definition) is 3. The molecule has 0 aliphatic carbocycles. The lowest BCUT2D eigenvalue weighted by molar-refractivity contribution is 1.01. The molecule has 2 rings (SSSR count). The number of hydrogen-bond donors (Lipinski definition) is 1. The predicted molar refractivity (Wildman–Crippen MR) is 66.4 cm³/mol. The highest BCUT2D eigenvalue weighted by atomic mass is 35.5. The van der Waals surface area contributed by atoms with Crippen molar-refractivity contribution < 1.29 is 0 Å². The van der Waals surface area contributed by atoms with E-state index >= 15 is 0 Å². The summed E-state index contributed by atoms with van der Waals surface area (Å²) in [5.74, 6) is 0.475. The quantitative estimate of drug-likeness (QED) is 0.824. The fourth-order valence-electron chi connectivity index (χ4n) is 1.53. The summed E-state index contributed by atoms with van der Waals surface area (Å²) in [5, 5.41) is 8.73. The molecule has 0 bridgehead atoms. The van der Waals surface area contributed by atoms with Crippen molar-refractivity contribution in [2.45, 2.75) is 13.8 Å². The van der Waals surface area contributed by atoms with Gasteiger partial charge in [0.05, 0.1) is 5.69 Å². The number of nitrogens with two attached hydrogens (primary N) is 1. The molecule has 1 aromatic carbocycles. The van der Waals surface area contributed by atoms with Crippen LogP contribution >= 0.6 is 11.6 Å². The SMILES string of the molecule is Cc1c(N)nnc(-c2cccc(Cl)c2)c1C. The van der Waals surface area contributed by atoms with Gasteiger partial charge in [-0.3, -0.25) is 0 Å². The number of aromatic nitrogens is 2. The van der Waals surface area contributed by atoms with Crippen molar-refractivity contribution in [1.29, 1.82) is 0 Å². The minimum atomic E-state index is 0.475. The summed E-state index contributed by atoms with van der Waals surface area (Å²) in [5.41, 5.74) is 9.48. The maximum Gasteiger partial charge on any atom is 0.149 e. The minimum Gasteiger partial charge on any atom is -0.382 e. The Balaban J connectivity index is 2.61. The lowest BCUT2D eigenvalue weighted by atomic mass is 10.0. The van der Waals surface area contributed by atoms with Crippen LogP contribution in [0.1, 0.15) is 11.1 Å². The maximum absolute atomic E-state index is 5.95. The Morgan fingerprint density at radius 3 is 2.56 bits per heavy atom. The molecule has 4 heteroatoms. The first-order valence-electron chi connectivity index (χ1n) is 4.95. The van der Waals surface area contributed by atoms with Gasteiger partial charge in [0.15, 0.2) is 0 Å². The van der Waals surface area contributed by atoms with Crippen molar-refractivity contribution in [3.8, 4) is 11.3 Å². The van der Waals surface area contributed by atoms with Crippen LogP contribution in [0.2, 0.25) is 5.02 Å². The van der Waals surface area contributed by atoms with E-state index in [1.807, 2.05) is 38.1 Å². The van der Waals surface area contributed by atoms with E-state index in [4.69, 9.17) is 17.3 Å². The highest BCUT2D eigenvalue weighted by Crippen LogP contribution is 2.26. The second-order valence-electron chi connectivity index (χ2n) is 3.69. The fraction of sp³-hybridized carbons (Fsp3) is 0.167. The van der Waals surface area contributed by atoms with E-state index in [1.165, 1.54) is 0 Å². The first-order valence-corrected chi connectivity index (χ1v) is 5.32. The molecule has 0 atom stereocenters. The number of benzene rings is 1. The van der Waals surface area contributed by atoms with Gasteiger partial charge in [-0.2, -0.15) is 0 Å². The van der Waals surface area contributed by atoms with Gasteiger partial charge in [-0.15, -0.1) is 10.2 Å². The largest absolute Gasteiger partial charge is 0.382 e. The van der Waals surface area contributed by atoms with E-state index < -0.39 is 0 Å². The summed E-state index contributed by atoms with van der Waals surface area (Å²) in [6.07, 6.45) is 0. The molecule has 0 fully saturated rings. The smallest absolute Gasteiger partial charge is 0.149 e. The molecule has 1 aromatic heterocycles. The van der Waals surface area contributed by atoms with E-state index in [2.05, 4.69) is 10.2 Å². The van der Waals surface area contributed by atoms with Crippen LogP contribution < -0.4 is 5.73 Å². The number of nitrogens with zero attached hydrogens (tertiary/aromatic N) is 2. The Morgan fingerprint density at radius 2 is 1.88 bits per heavy atom. The van der Waals surface area contributed by atoms with Gasteiger partial charge in [0.2, 0.25) is 0 Å². The minimum absolute atomic E-state index is 0.475. The maximum atomic E-state index is 5.95. The molecule has 0 saturated heterocycles. The predicted octanol–water partition coefficient (Wildman–Crippen LogP) is 3.00. The molecular weight excluding hydrogens is 222 g/mol. The summed E-state index contributed by atoms with van der Waals surface area (Å²) in [6.45, 7) is 3.92. The van der Waals surface area contributed by atoms with Gasteiger partial charge in [-0.05, 0) is 37.1 Å². The molecule has 2 aromatic rings. The molecule has 0 aliphatic heterocycles. The second-order valence-corrected chi connectivity index (χ2v) is 4.13. The topological polar surface area (TPSA) is 51.8 Å². The zero-order valence-electron chi connectivity index (χ0n) is 9.16. The zero-order valence-corrected chi connectivity index (χ0v) is 9.92. The Morgan fingerprint density at radius 1 is 1.12 bits per heavy atom. The van der Waals surface area contributed by atoms with E-state index in [1.54, 1.807) is 0 Å². The van der Waals surface area contributed by atoms with Crippen molar-refractivity contribution >= 4 is 17.4 Å². The number of halogens is 1. The Bertz CT molecular complexity index is 538. The first-order chi connectivity index (χ1) is 7.59. The molecule has 0 unspecified atom stereocenters. The molecule has 16 heavy (non-hydrogen) atoms. The highest BCUT2D eigenvalue weighted by Gasteiger charge is 2.09. The summed E-state index contributed by atoms with van der Waals surface area (Å²) < 4.78 is 0. The summed E-state index contributed by atoms with van der Waals surface area (Å²) in [6, 6.07) is 7.55. The summed E-state index contributed by atoms with van der Waals surface area (Å²) in [4.78, 5) is 0. The number of rotatable bonds is 1. The van der Waals surface area contributed by atoms with E-state index in [0.29, 0.717) is 10.8 Å². The number of anilines is 1. The van der Waals surface area contributed by atoms with Crippen molar-refractivity contribution in [3.05, 3.63) is 40.4 Å². The third-order valence-corrected chi connectivity index (χ3v) is 2.89. The first kappa shape index (κ1) is 10.9. The average molecular weight is 234 g/mol. The molecule has 0 saturated carbocycles. The van der Waals surface area contributed by atoms with Gasteiger partial charge in [-0.1, -0.05) is 23.7 Å². The Hall–Kier alpha value is -1.61. The average Bonchev–Trinajstić information content (AvgIpc) is 2.26. The third kappa shape index (κ3) is 1.86. The monoisotopic (exact) mass is 233 g/mol. The molecule has 0 aliphatic rings. The molecule has 0 spiro atoms. The van der Waals surface area contributed by atoms with Crippen molar-refractivity contribution in [2.24, 2.45) is 0 Å². The van der Waals surface area contributed by atoms with Gasteiger partial charge >= 0.3 is 0 Å². The van der Waals surface area contributed by atoms with E-state index in [0.717, 1.165) is 22.4 Å². The molecule has 82 valence electrons.